The standard InChI is InChI=1S/C22H32O5/c1-11-8-15-14-5-4-12-9-13(23)6-7-21(12,2)18(14)16(24)10-22(15,3)17(11)19(25)20(26)27/h9,11,14-19,24-25H,4-8,10H2,1-3H3,(H,26,27)/t11?,14-,15-,16?,17+,18+,19?,21-,22-/m0/s1. The topological polar surface area (TPSA) is 94.8 Å². The molecule has 3 N–H and O–H groups in total. The molecule has 3 saturated carbocycles. The number of carbonyl (C=O) groups excluding carboxylic acids is 1. The molecule has 3 unspecified atom stereocenters. The number of rotatable bonds is 2. The van der Waals surface area contributed by atoms with Crippen molar-refractivity contribution in [2.24, 2.45) is 40.4 Å². The van der Waals surface area contributed by atoms with Crippen molar-refractivity contribution < 1.29 is 24.9 Å². The highest BCUT2D eigenvalue weighted by atomic mass is 16.4. The van der Waals surface area contributed by atoms with Crippen molar-refractivity contribution in [1.29, 1.82) is 0 Å². The van der Waals surface area contributed by atoms with E-state index in [-0.39, 0.29) is 34.4 Å². The van der Waals surface area contributed by atoms with Crippen LogP contribution in [0.25, 0.3) is 0 Å². The molecule has 4 aliphatic rings. The lowest BCUT2D eigenvalue weighted by Crippen LogP contribution is -2.57. The molecule has 0 radical (unpaired) electrons. The summed E-state index contributed by atoms with van der Waals surface area (Å²) in [6, 6.07) is 0. The summed E-state index contributed by atoms with van der Waals surface area (Å²) in [7, 11) is 0. The van der Waals surface area contributed by atoms with E-state index in [9.17, 15) is 24.9 Å². The van der Waals surface area contributed by atoms with Crippen molar-refractivity contribution in [3.05, 3.63) is 11.6 Å². The summed E-state index contributed by atoms with van der Waals surface area (Å²) in [6.07, 6.45) is 4.57. The molecule has 0 aliphatic heterocycles. The summed E-state index contributed by atoms with van der Waals surface area (Å²) in [5.41, 5.74) is 0.709. The number of carboxylic acids is 1. The van der Waals surface area contributed by atoms with Gasteiger partial charge < -0.3 is 15.3 Å². The normalized spacial score (nSPS) is 50.3. The van der Waals surface area contributed by atoms with E-state index in [2.05, 4.69) is 20.8 Å². The van der Waals surface area contributed by atoms with Gasteiger partial charge in [-0.3, -0.25) is 4.79 Å². The van der Waals surface area contributed by atoms with E-state index >= 15 is 0 Å². The number of aliphatic hydroxyl groups is 2. The number of allylic oxidation sites excluding steroid dienone is 1. The van der Waals surface area contributed by atoms with E-state index in [0.29, 0.717) is 24.7 Å². The first-order chi connectivity index (χ1) is 12.6. The molecule has 0 amide bonds. The van der Waals surface area contributed by atoms with Gasteiger partial charge in [0.15, 0.2) is 11.9 Å². The number of fused-ring (bicyclic) bond motifs is 5. The van der Waals surface area contributed by atoms with Gasteiger partial charge in [-0.25, -0.2) is 4.79 Å². The number of ketones is 1. The van der Waals surface area contributed by atoms with Gasteiger partial charge in [0.05, 0.1) is 6.10 Å². The Labute approximate surface area is 160 Å². The molecule has 0 heterocycles. The van der Waals surface area contributed by atoms with E-state index in [1.54, 1.807) is 0 Å². The fourth-order valence-electron chi connectivity index (χ4n) is 7.92. The second-order valence-corrected chi connectivity index (χ2v) is 10.2. The highest BCUT2D eigenvalue weighted by Crippen LogP contribution is 2.68. The van der Waals surface area contributed by atoms with E-state index in [1.165, 1.54) is 5.57 Å². The molecule has 0 aromatic heterocycles. The van der Waals surface area contributed by atoms with Crippen LogP contribution in [-0.2, 0) is 9.59 Å². The first kappa shape index (κ1) is 19.1. The van der Waals surface area contributed by atoms with Crippen LogP contribution in [0.1, 0.15) is 59.3 Å². The Bertz CT molecular complexity index is 699. The molecule has 4 rings (SSSR count). The smallest absolute Gasteiger partial charge is 0.332 e. The highest BCUT2D eigenvalue weighted by molar-refractivity contribution is 5.91. The average Bonchev–Trinajstić information content (AvgIpc) is 2.84. The summed E-state index contributed by atoms with van der Waals surface area (Å²) >= 11 is 0. The third-order valence-electron chi connectivity index (χ3n) is 8.92. The van der Waals surface area contributed by atoms with Crippen LogP contribution in [0.4, 0.5) is 0 Å². The van der Waals surface area contributed by atoms with Crippen molar-refractivity contribution >= 4 is 11.8 Å². The maximum Gasteiger partial charge on any atom is 0.332 e. The molecule has 0 bridgehead atoms. The molecule has 4 aliphatic carbocycles. The fraction of sp³-hybridized carbons (Fsp3) is 0.818. The molecule has 0 aromatic carbocycles. The van der Waals surface area contributed by atoms with Crippen molar-refractivity contribution in [1.82, 2.24) is 0 Å². The van der Waals surface area contributed by atoms with Gasteiger partial charge in [-0.05, 0) is 72.7 Å². The van der Waals surface area contributed by atoms with Crippen molar-refractivity contribution in [2.75, 3.05) is 0 Å². The lowest BCUT2D eigenvalue weighted by Gasteiger charge is -2.60. The first-order valence-electron chi connectivity index (χ1n) is 10.4. The summed E-state index contributed by atoms with van der Waals surface area (Å²) in [5, 5.41) is 31.1. The Morgan fingerprint density at radius 2 is 2.00 bits per heavy atom. The minimum Gasteiger partial charge on any atom is -0.479 e. The Morgan fingerprint density at radius 3 is 2.67 bits per heavy atom. The predicted octanol–water partition coefficient (Wildman–Crippen LogP) is 2.80. The van der Waals surface area contributed by atoms with E-state index in [1.807, 2.05) is 6.08 Å². The number of hydrogen-bond acceptors (Lipinski definition) is 4. The van der Waals surface area contributed by atoms with Crippen LogP contribution < -0.4 is 0 Å². The van der Waals surface area contributed by atoms with Gasteiger partial charge in [0.1, 0.15) is 0 Å². The van der Waals surface area contributed by atoms with Crippen LogP contribution in [0.2, 0.25) is 0 Å². The molecule has 150 valence electrons. The molecule has 0 saturated heterocycles. The highest BCUT2D eigenvalue weighted by Gasteiger charge is 2.64. The minimum atomic E-state index is -1.37. The SMILES string of the molecule is CC1C[C@H]2[C@@H]3CCC4=CC(=O)CC[C@]4(C)[C@H]3C(O)C[C@]2(C)[C@H]1C(O)C(=O)O. The van der Waals surface area contributed by atoms with Crippen LogP contribution in [0.15, 0.2) is 11.6 Å². The summed E-state index contributed by atoms with van der Waals surface area (Å²) < 4.78 is 0. The van der Waals surface area contributed by atoms with Gasteiger partial charge in [0.2, 0.25) is 0 Å². The van der Waals surface area contributed by atoms with Crippen LogP contribution in [0.5, 0.6) is 0 Å². The van der Waals surface area contributed by atoms with E-state index in [4.69, 9.17) is 0 Å². The first-order valence-corrected chi connectivity index (χ1v) is 10.4. The van der Waals surface area contributed by atoms with Crippen molar-refractivity contribution in [3.8, 4) is 0 Å². The van der Waals surface area contributed by atoms with Gasteiger partial charge in [-0.1, -0.05) is 26.3 Å². The molecule has 3 fully saturated rings. The maximum atomic E-state index is 11.9. The third kappa shape index (κ3) is 2.57. The van der Waals surface area contributed by atoms with Gasteiger partial charge in [-0.15, -0.1) is 0 Å². The monoisotopic (exact) mass is 376 g/mol. The zero-order chi connectivity index (χ0) is 19.7. The molecule has 5 heteroatoms. The molecule has 27 heavy (non-hydrogen) atoms. The summed E-state index contributed by atoms with van der Waals surface area (Å²) in [6.45, 7) is 6.36. The molecular weight excluding hydrogens is 344 g/mol. The molecule has 9 atom stereocenters. The maximum absolute atomic E-state index is 11.9. The van der Waals surface area contributed by atoms with E-state index < -0.39 is 18.2 Å². The van der Waals surface area contributed by atoms with Crippen molar-refractivity contribution in [3.63, 3.8) is 0 Å². The number of aliphatic hydroxyl groups excluding tert-OH is 2. The lowest BCUT2D eigenvalue weighted by molar-refractivity contribution is -0.164. The van der Waals surface area contributed by atoms with Gasteiger partial charge in [0, 0.05) is 12.3 Å². The Hall–Kier alpha value is -1.20. The quantitative estimate of drug-likeness (QED) is 0.689. The van der Waals surface area contributed by atoms with Gasteiger partial charge in [0.25, 0.3) is 0 Å². The van der Waals surface area contributed by atoms with Gasteiger partial charge >= 0.3 is 5.97 Å². The molecule has 5 nitrogen and oxygen atoms in total. The number of hydrogen-bond donors (Lipinski definition) is 3. The Balaban J connectivity index is 1.72. The number of carboxylic acid groups (broad SMARTS) is 1. The molecule has 0 spiro atoms. The lowest BCUT2D eigenvalue weighted by atomic mass is 9.45. The average molecular weight is 376 g/mol. The predicted molar refractivity (Wildman–Crippen MR) is 99.8 cm³/mol. The van der Waals surface area contributed by atoms with Crippen LogP contribution in [-0.4, -0.2) is 39.3 Å². The zero-order valence-corrected chi connectivity index (χ0v) is 16.5. The molecule has 0 aromatic rings. The second-order valence-electron chi connectivity index (χ2n) is 10.2. The van der Waals surface area contributed by atoms with Crippen molar-refractivity contribution in [2.45, 2.75) is 71.5 Å². The summed E-state index contributed by atoms with van der Waals surface area (Å²) in [4.78, 5) is 23.5. The van der Waals surface area contributed by atoms with Crippen LogP contribution in [0, 0.1) is 40.4 Å². The van der Waals surface area contributed by atoms with E-state index in [0.717, 1.165) is 25.7 Å². The molecular formula is C22H32O5. The Kier molecular flexibility index (Phi) is 4.36. The van der Waals surface area contributed by atoms with Gasteiger partial charge in [-0.2, -0.15) is 0 Å². The fourth-order valence-corrected chi connectivity index (χ4v) is 7.92. The number of aliphatic carboxylic acids is 1. The third-order valence-corrected chi connectivity index (χ3v) is 8.92. The number of carbonyl (C=O) groups is 2. The second kappa shape index (κ2) is 6.15. The minimum absolute atomic E-state index is 0.120. The zero-order valence-electron chi connectivity index (χ0n) is 16.5. The largest absolute Gasteiger partial charge is 0.479 e. The van der Waals surface area contributed by atoms with Crippen LogP contribution >= 0.6 is 0 Å². The summed E-state index contributed by atoms with van der Waals surface area (Å²) in [5.74, 6) is -0.398. The van der Waals surface area contributed by atoms with Crippen LogP contribution in [0.3, 0.4) is 0 Å². The Morgan fingerprint density at radius 1 is 1.30 bits per heavy atom.